The maximum absolute atomic E-state index is 13.3. The van der Waals surface area contributed by atoms with Crippen LogP contribution in [0.25, 0.3) is 0 Å². The van der Waals surface area contributed by atoms with Gasteiger partial charge in [-0.1, -0.05) is 0 Å². The lowest BCUT2D eigenvalue weighted by atomic mass is 10.1. The lowest BCUT2D eigenvalue weighted by Gasteiger charge is -2.14. The second-order valence-electron chi connectivity index (χ2n) is 3.48. The van der Waals surface area contributed by atoms with Crippen LogP contribution < -0.4 is 5.32 Å². The van der Waals surface area contributed by atoms with Gasteiger partial charge in [0.05, 0.1) is 13.7 Å². The zero-order valence-electron chi connectivity index (χ0n) is 9.75. The molecule has 1 unspecified atom stereocenters. The summed E-state index contributed by atoms with van der Waals surface area (Å²) in [5.74, 6) is -6.32. The number of esters is 1. The highest BCUT2D eigenvalue weighted by molar-refractivity contribution is 5.97. The quantitative estimate of drug-likeness (QED) is 0.780. The largest absolute Gasteiger partial charge is 0.467 e. The van der Waals surface area contributed by atoms with Crippen LogP contribution in [0.4, 0.5) is 13.2 Å². The van der Waals surface area contributed by atoms with Crippen molar-refractivity contribution in [3.8, 4) is 0 Å². The van der Waals surface area contributed by atoms with Crippen molar-refractivity contribution in [1.82, 2.24) is 5.32 Å². The fourth-order valence-corrected chi connectivity index (χ4v) is 1.31. The van der Waals surface area contributed by atoms with E-state index in [2.05, 4.69) is 4.74 Å². The van der Waals surface area contributed by atoms with Crippen molar-refractivity contribution in [3.63, 3.8) is 0 Å². The standard InChI is InChI=1S/C11H10F3NO4/c1-19-11(18)8(4-16)15-10(17)9-6(13)2-5(12)3-7(9)14/h2-3,8,16H,4H2,1H3,(H,15,17). The minimum atomic E-state index is -1.47. The molecule has 0 radical (unpaired) electrons. The van der Waals surface area contributed by atoms with Crippen molar-refractivity contribution in [1.29, 1.82) is 0 Å². The Morgan fingerprint density at radius 1 is 1.32 bits per heavy atom. The first-order valence-electron chi connectivity index (χ1n) is 5.04. The molecule has 0 aliphatic carbocycles. The first-order valence-corrected chi connectivity index (χ1v) is 5.04. The summed E-state index contributed by atoms with van der Waals surface area (Å²) in [5, 5.41) is 10.7. The highest BCUT2D eigenvalue weighted by Gasteiger charge is 2.25. The van der Waals surface area contributed by atoms with Crippen LogP contribution in [0.15, 0.2) is 12.1 Å². The van der Waals surface area contributed by atoms with E-state index in [4.69, 9.17) is 5.11 Å². The minimum Gasteiger partial charge on any atom is -0.467 e. The van der Waals surface area contributed by atoms with Crippen molar-refractivity contribution in [2.45, 2.75) is 6.04 Å². The van der Waals surface area contributed by atoms with Crippen molar-refractivity contribution in [2.75, 3.05) is 13.7 Å². The Bertz CT molecular complexity index is 484. The van der Waals surface area contributed by atoms with Crippen molar-refractivity contribution in [2.24, 2.45) is 0 Å². The molecule has 1 atom stereocenters. The molecule has 0 aliphatic heterocycles. The molecular formula is C11H10F3NO4. The molecule has 0 bridgehead atoms. The number of nitrogens with one attached hydrogen (secondary N) is 1. The third-order valence-electron chi connectivity index (χ3n) is 2.21. The fraction of sp³-hybridized carbons (Fsp3) is 0.273. The lowest BCUT2D eigenvalue weighted by Crippen LogP contribution is -2.44. The van der Waals surface area contributed by atoms with Gasteiger partial charge in [0, 0.05) is 12.1 Å². The maximum Gasteiger partial charge on any atom is 0.330 e. The fourth-order valence-electron chi connectivity index (χ4n) is 1.31. The number of hydrogen-bond donors (Lipinski definition) is 2. The number of aliphatic hydroxyl groups is 1. The van der Waals surface area contributed by atoms with Crippen LogP contribution in [0.2, 0.25) is 0 Å². The molecule has 0 fully saturated rings. The topological polar surface area (TPSA) is 75.6 Å². The third kappa shape index (κ3) is 3.44. The van der Waals surface area contributed by atoms with Crippen LogP contribution in [0.1, 0.15) is 10.4 Å². The van der Waals surface area contributed by atoms with E-state index in [1.165, 1.54) is 0 Å². The van der Waals surface area contributed by atoms with Gasteiger partial charge in [0.15, 0.2) is 6.04 Å². The van der Waals surface area contributed by atoms with Gasteiger partial charge in [-0.3, -0.25) is 4.79 Å². The molecule has 1 aromatic rings. The number of methoxy groups -OCH3 is 1. The average Bonchev–Trinajstić information content (AvgIpc) is 2.33. The number of amides is 1. The van der Waals surface area contributed by atoms with E-state index < -0.39 is 47.5 Å². The Kier molecular flexibility index (Phi) is 4.87. The van der Waals surface area contributed by atoms with Gasteiger partial charge in [0.1, 0.15) is 23.0 Å². The summed E-state index contributed by atoms with van der Waals surface area (Å²) in [5.41, 5.74) is -1.05. The van der Waals surface area contributed by atoms with Gasteiger partial charge in [0.25, 0.3) is 5.91 Å². The molecule has 2 N–H and O–H groups in total. The van der Waals surface area contributed by atoms with Gasteiger partial charge in [0.2, 0.25) is 0 Å². The number of carbonyl (C=O) groups excluding carboxylic acids is 2. The summed E-state index contributed by atoms with van der Waals surface area (Å²) in [7, 11) is 1.01. The highest BCUT2D eigenvalue weighted by atomic mass is 19.1. The van der Waals surface area contributed by atoms with E-state index in [0.29, 0.717) is 12.1 Å². The van der Waals surface area contributed by atoms with Crippen LogP contribution in [-0.4, -0.2) is 36.7 Å². The summed E-state index contributed by atoms with van der Waals surface area (Å²) >= 11 is 0. The monoisotopic (exact) mass is 277 g/mol. The van der Waals surface area contributed by atoms with E-state index >= 15 is 0 Å². The SMILES string of the molecule is COC(=O)C(CO)NC(=O)c1c(F)cc(F)cc1F. The Morgan fingerprint density at radius 2 is 1.84 bits per heavy atom. The number of hydrogen-bond acceptors (Lipinski definition) is 4. The summed E-state index contributed by atoms with van der Waals surface area (Å²) in [6.45, 7) is -0.817. The zero-order chi connectivity index (χ0) is 14.6. The molecule has 1 rings (SSSR count). The summed E-state index contributed by atoms with van der Waals surface area (Å²) < 4.78 is 43.5. The molecule has 0 spiro atoms. The van der Waals surface area contributed by atoms with Crippen LogP contribution >= 0.6 is 0 Å². The zero-order valence-corrected chi connectivity index (χ0v) is 9.75. The molecule has 5 nitrogen and oxygen atoms in total. The van der Waals surface area contributed by atoms with Crippen LogP contribution in [0.5, 0.6) is 0 Å². The van der Waals surface area contributed by atoms with E-state index in [1.54, 1.807) is 0 Å². The van der Waals surface area contributed by atoms with Gasteiger partial charge < -0.3 is 15.2 Å². The molecule has 0 aliphatic rings. The van der Waals surface area contributed by atoms with E-state index in [1.807, 2.05) is 5.32 Å². The number of carbonyl (C=O) groups is 2. The minimum absolute atomic E-state index is 0.323. The number of rotatable bonds is 4. The first-order chi connectivity index (χ1) is 8.90. The molecule has 1 amide bonds. The van der Waals surface area contributed by atoms with Crippen LogP contribution in [0.3, 0.4) is 0 Å². The van der Waals surface area contributed by atoms with Gasteiger partial charge in [-0.2, -0.15) is 0 Å². The van der Waals surface area contributed by atoms with Gasteiger partial charge in [-0.05, 0) is 0 Å². The van der Waals surface area contributed by atoms with Crippen LogP contribution in [0, 0.1) is 17.5 Å². The molecule has 8 heteroatoms. The molecule has 0 aromatic heterocycles. The van der Waals surface area contributed by atoms with E-state index in [9.17, 15) is 22.8 Å². The number of aliphatic hydroxyl groups excluding tert-OH is 1. The molecule has 19 heavy (non-hydrogen) atoms. The predicted octanol–water partition coefficient (Wildman–Crippen LogP) is 0.368. The predicted molar refractivity (Wildman–Crippen MR) is 56.7 cm³/mol. The smallest absolute Gasteiger partial charge is 0.330 e. The van der Waals surface area contributed by atoms with E-state index in [-0.39, 0.29) is 0 Å². The number of halogens is 3. The first kappa shape index (κ1) is 15.0. The Morgan fingerprint density at radius 3 is 2.26 bits per heavy atom. The third-order valence-corrected chi connectivity index (χ3v) is 2.21. The Balaban J connectivity index is 2.98. The lowest BCUT2D eigenvalue weighted by molar-refractivity contribution is -0.143. The van der Waals surface area contributed by atoms with Gasteiger partial charge in [-0.15, -0.1) is 0 Å². The second kappa shape index (κ2) is 6.19. The molecule has 0 saturated heterocycles. The van der Waals surface area contributed by atoms with Crippen LogP contribution in [-0.2, 0) is 9.53 Å². The molecule has 104 valence electrons. The molecule has 0 saturated carbocycles. The van der Waals surface area contributed by atoms with Crippen molar-refractivity contribution < 1.29 is 32.6 Å². The Labute approximate surface area is 106 Å². The summed E-state index contributed by atoms with van der Waals surface area (Å²) in [6, 6.07) is -0.824. The summed E-state index contributed by atoms with van der Waals surface area (Å²) in [6.07, 6.45) is 0. The van der Waals surface area contributed by atoms with Gasteiger partial charge >= 0.3 is 5.97 Å². The summed E-state index contributed by atoms with van der Waals surface area (Å²) in [4.78, 5) is 22.6. The van der Waals surface area contributed by atoms with E-state index in [0.717, 1.165) is 7.11 Å². The van der Waals surface area contributed by atoms with Gasteiger partial charge in [-0.25, -0.2) is 18.0 Å². The van der Waals surface area contributed by atoms with Crippen molar-refractivity contribution in [3.05, 3.63) is 35.1 Å². The molecule has 0 heterocycles. The molecule has 1 aromatic carbocycles. The number of benzene rings is 1. The van der Waals surface area contributed by atoms with Crippen molar-refractivity contribution >= 4 is 11.9 Å². The number of ether oxygens (including phenoxy) is 1. The second-order valence-corrected chi connectivity index (χ2v) is 3.48. The maximum atomic E-state index is 13.3. The highest BCUT2D eigenvalue weighted by Crippen LogP contribution is 2.14. The molecular weight excluding hydrogens is 267 g/mol. The normalized spacial score (nSPS) is 11.8. The average molecular weight is 277 g/mol. The Hall–Kier alpha value is -2.09.